The smallest absolute Gasteiger partial charge is 0.223 e. The largest absolute Gasteiger partial charge is 0.507 e. The van der Waals surface area contributed by atoms with Gasteiger partial charge in [0.05, 0.1) is 11.1 Å². The van der Waals surface area contributed by atoms with Crippen molar-refractivity contribution in [3.05, 3.63) is 48.0 Å². The van der Waals surface area contributed by atoms with Crippen molar-refractivity contribution in [2.45, 2.75) is 26.7 Å². The van der Waals surface area contributed by atoms with Crippen LogP contribution in [0.15, 0.2) is 42.5 Å². The SMILES string of the molecule is CC(=O)CCC(=O)N1CCN(c2nc(-c3ccccc3O)nc3cc(C)ccc23)CC1. The highest BCUT2D eigenvalue weighted by atomic mass is 16.3. The zero-order valence-corrected chi connectivity index (χ0v) is 17.8. The van der Waals surface area contributed by atoms with Crippen LogP contribution in [0.3, 0.4) is 0 Å². The van der Waals surface area contributed by atoms with Gasteiger partial charge in [0, 0.05) is 44.4 Å². The van der Waals surface area contributed by atoms with Crippen molar-refractivity contribution in [2.75, 3.05) is 31.1 Å². The summed E-state index contributed by atoms with van der Waals surface area (Å²) in [5.41, 5.74) is 2.51. The zero-order chi connectivity index (χ0) is 22.0. The van der Waals surface area contributed by atoms with Gasteiger partial charge in [-0.1, -0.05) is 18.2 Å². The third-order valence-corrected chi connectivity index (χ3v) is 5.60. The minimum absolute atomic E-state index is 0.0212. The van der Waals surface area contributed by atoms with Gasteiger partial charge in [0.1, 0.15) is 17.4 Å². The predicted octanol–water partition coefficient (Wildman–Crippen LogP) is 3.33. The van der Waals surface area contributed by atoms with Gasteiger partial charge in [-0.25, -0.2) is 9.97 Å². The van der Waals surface area contributed by atoms with Crippen molar-refractivity contribution >= 4 is 28.4 Å². The molecule has 4 rings (SSSR count). The Labute approximate surface area is 181 Å². The predicted molar refractivity (Wildman–Crippen MR) is 120 cm³/mol. The lowest BCUT2D eigenvalue weighted by Crippen LogP contribution is -2.49. The van der Waals surface area contributed by atoms with Crippen LogP contribution in [-0.4, -0.2) is 57.8 Å². The average molecular weight is 418 g/mol. The van der Waals surface area contributed by atoms with E-state index in [0.29, 0.717) is 44.0 Å². The maximum atomic E-state index is 12.4. The van der Waals surface area contributed by atoms with E-state index >= 15 is 0 Å². The lowest BCUT2D eigenvalue weighted by atomic mass is 10.1. The Morgan fingerprint density at radius 2 is 1.74 bits per heavy atom. The molecule has 2 heterocycles. The minimum atomic E-state index is 0.0212. The number of rotatable bonds is 5. The number of anilines is 1. The normalized spacial score (nSPS) is 14.1. The molecule has 7 heteroatoms. The number of hydrogen-bond donors (Lipinski definition) is 1. The Morgan fingerprint density at radius 3 is 2.45 bits per heavy atom. The molecular formula is C24H26N4O3. The Balaban J connectivity index is 1.64. The van der Waals surface area contributed by atoms with Crippen molar-refractivity contribution in [1.29, 1.82) is 0 Å². The topological polar surface area (TPSA) is 86.6 Å². The lowest BCUT2D eigenvalue weighted by molar-refractivity contribution is -0.133. The fourth-order valence-electron chi connectivity index (χ4n) is 3.86. The van der Waals surface area contributed by atoms with Crippen LogP contribution >= 0.6 is 0 Å². The van der Waals surface area contributed by atoms with Crippen molar-refractivity contribution in [3.8, 4) is 17.1 Å². The van der Waals surface area contributed by atoms with Crippen LogP contribution in [0, 0.1) is 6.92 Å². The van der Waals surface area contributed by atoms with E-state index < -0.39 is 0 Å². The summed E-state index contributed by atoms with van der Waals surface area (Å²) in [5, 5.41) is 11.3. The van der Waals surface area contributed by atoms with Crippen molar-refractivity contribution in [2.24, 2.45) is 0 Å². The molecule has 0 spiro atoms. The van der Waals surface area contributed by atoms with E-state index in [4.69, 9.17) is 9.97 Å². The Morgan fingerprint density at radius 1 is 1.00 bits per heavy atom. The van der Waals surface area contributed by atoms with Crippen molar-refractivity contribution < 1.29 is 14.7 Å². The fraction of sp³-hybridized carbons (Fsp3) is 0.333. The summed E-state index contributed by atoms with van der Waals surface area (Å²) >= 11 is 0. The van der Waals surface area contributed by atoms with Crippen molar-refractivity contribution in [3.63, 3.8) is 0 Å². The van der Waals surface area contributed by atoms with Gasteiger partial charge in [0.25, 0.3) is 0 Å². The maximum absolute atomic E-state index is 12.4. The standard InChI is InChI=1S/C24H26N4O3/c1-16-7-9-18-20(15-16)25-23(19-5-3-4-6-21(19)30)26-24(18)28-13-11-27(12-14-28)22(31)10-8-17(2)29/h3-7,9,15,30H,8,10-14H2,1-2H3. The molecule has 0 atom stereocenters. The summed E-state index contributed by atoms with van der Waals surface area (Å²) in [6, 6.07) is 13.1. The monoisotopic (exact) mass is 418 g/mol. The van der Waals surface area contributed by atoms with Gasteiger partial charge in [-0.05, 0) is 43.7 Å². The van der Waals surface area contributed by atoms with E-state index in [2.05, 4.69) is 4.90 Å². The summed E-state index contributed by atoms with van der Waals surface area (Å²) < 4.78 is 0. The number of fused-ring (bicyclic) bond motifs is 1. The molecular weight excluding hydrogens is 392 g/mol. The molecule has 0 radical (unpaired) electrons. The van der Waals surface area contributed by atoms with Crippen LogP contribution in [-0.2, 0) is 9.59 Å². The molecule has 0 unspecified atom stereocenters. The average Bonchev–Trinajstić information content (AvgIpc) is 2.77. The van der Waals surface area contributed by atoms with Gasteiger partial charge in [-0.3, -0.25) is 4.79 Å². The fourth-order valence-corrected chi connectivity index (χ4v) is 3.86. The molecule has 1 fully saturated rings. The number of phenols is 1. The quantitative estimate of drug-likeness (QED) is 0.684. The number of nitrogens with zero attached hydrogens (tertiary/aromatic N) is 4. The highest BCUT2D eigenvalue weighted by Crippen LogP contribution is 2.32. The van der Waals surface area contributed by atoms with Gasteiger partial charge in [0.2, 0.25) is 5.91 Å². The molecule has 31 heavy (non-hydrogen) atoms. The number of para-hydroxylation sites is 1. The number of carbonyl (C=O) groups is 2. The van der Waals surface area contributed by atoms with Crippen LogP contribution < -0.4 is 4.90 Å². The lowest BCUT2D eigenvalue weighted by Gasteiger charge is -2.36. The number of ketones is 1. The van der Waals surface area contributed by atoms with Crippen LogP contribution in [0.25, 0.3) is 22.3 Å². The molecule has 0 aliphatic carbocycles. The number of aryl methyl sites for hydroxylation is 1. The number of aromatic hydroxyl groups is 1. The molecule has 1 aliphatic rings. The summed E-state index contributed by atoms with van der Waals surface area (Å²) in [6.07, 6.45) is 0.557. The number of phenolic OH excluding ortho intramolecular Hbond substituents is 1. The third kappa shape index (κ3) is 4.50. The number of benzene rings is 2. The van der Waals surface area contributed by atoms with Crippen LogP contribution in [0.4, 0.5) is 5.82 Å². The molecule has 1 amide bonds. The second kappa shape index (κ2) is 8.71. The Hall–Kier alpha value is -3.48. The highest BCUT2D eigenvalue weighted by Gasteiger charge is 2.24. The number of Topliss-reactive ketones (excluding diaryl/α,β-unsaturated/α-hetero) is 1. The number of carbonyl (C=O) groups excluding carboxylic acids is 2. The molecule has 1 saturated heterocycles. The van der Waals surface area contributed by atoms with E-state index in [9.17, 15) is 14.7 Å². The van der Waals surface area contributed by atoms with E-state index in [-0.39, 0.29) is 23.9 Å². The summed E-state index contributed by atoms with van der Waals surface area (Å²) in [7, 11) is 0. The van der Waals surface area contributed by atoms with E-state index in [0.717, 1.165) is 22.3 Å². The van der Waals surface area contributed by atoms with E-state index in [1.165, 1.54) is 6.92 Å². The number of hydrogen-bond acceptors (Lipinski definition) is 6. The number of amides is 1. The van der Waals surface area contributed by atoms with Gasteiger partial charge >= 0.3 is 0 Å². The summed E-state index contributed by atoms with van der Waals surface area (Å²) in [6.45, 7) is 5.99. The maximum Gasteiger partial charge on any atom is 0.223 e. The number of aromatic nitrogens is 2. The van der Waals surface area contributed by atoms with Crippen LogP contribution in [0.5, 0.6) is 5.75 Å². The van der Waals surface area contributed by atoms with Crippen molar-refractivity contribution in [1.82, 2.24) is 14.9 Å². The first-order valence-corrected chi connectivity index (χ1v) is 10.5. The molecule has 1 N–H and O–H groups in total. The molecule has 1 aromatic heterocycles. The van der Waals surface area contributed by atoms with Gasteiger partial charge in [-0.15, -0.1) is 0 Å². The second-order valence-corrected chi connectivity index (χ2v) is 7.98. The molecule has 160 valence electrons. The molecule has 3 aromatic rings. The van der Waals surface area contributed by atoms with E-state index in [1.54, 1.807) is 12.1 Å². The second-order valence-electron chi connectivity index (χ2n) is 7.98. The minimum Gasteiger partial charge on any atom is -0.507 e. The summed E-state index contributed by atoms with van der Waals surface area (Å²) in [4.78, 5) is 37.1. The van der Waals surface area contributed by atoms with Crippen LogP contribution in [0.1, 0.15) is 25.3 Å². The Bertz CT molecular complexity index is 1140. The molecule has 0 bridgehead atoms. The molecule has 0 saturated carbocycles. The van der Waals surface area contributed by atoms with Crippen LogP contribution in [0.2, 0.25) is 0 Å². The zero-order valence-electron chi connectivity index (χ0n) is 17.8. The first kappa shape index (κ1) is 20.8. The van der Waals surface area contributed by atoms with Gasteiger partial charge < -0.3 is 19.7 Å². The van der Waals surface area contributed by atoms with Gasteiger partial charge in [0.15, 0.2) is 5.82 Å². The highest BCUT2D eigenvalue weighted by molar-refractivity contribution is 5.92. The molecule has 7 nitrogen and oxygen atoms in total. The number of piperazine rings is 1. The summed E-state index contributed by atoms with van der Waals surface area (Å²) in [5.74, 6) is 1.48. The molecule has 2 aromatic carbocycles. The first-order valence-electron chi connectivity index (χ1n) is 10.5. The van der Waals surface area contributed by atoms with E-state index in [1.807, 2.05) is 42.2 Å². The Kier molecular flexibility index (Phi) is 5.84. The molecule has 1 aliphatic heterocycles. The third-order valence-electron chi connectivity index (χ3n) is 5.60. The van der Waals surface area contributed by atoms with Gasteiger partial charge in [-0.2, -0.15) is 0 Å². The first-order chi connectivity index (χ1) is 14.9.